The smallest absolute Gasteiger partial charge is 0.122 e. The van der Waals surface area contributed by atoms with Crippen molar-refractivity contribution >= 4 is 11.8 Å². The number of ether oxygens (including phenoxy) is 1. The van der Waals surface area contributed by atoms with Crippen LogP contribution in [0.25, 0.3) is 0 Å². The number of thioether (sulfide) groups is 1. The molecule has 0 aromatic heterocycles. The van der Waals surface area contributed by atoms with Crippen molar-refractivity contribution in [1.82, 2.24) is 5.32 Å². The van der Waals surface area contributed by atoms with E-state index in [0.29, 0.717) is 6.04 Å². The first-order valence-corrected chi connectivity index (χ1v) is 8.40. The normalized spacial score (nSPS) is 16.8. The Morgan fingerprint density at radius 2 is 2.21 bits per heavy atom. The van der Waals surface area contributed by atoms with Crippen LogP contribution >= 0.6 is 11.8 Å². The monoisotopic (exact) mass is 279 g/mol. The van der Waals surface area contributed by atoms with E-state index in [1.807, 2.05) is 0 Å². The minimum absolute atomic E-state index is 0.454. The molecule has 1 N–H and O–H groups in total. The van der Waals surface area contributed by atoms with Crippen LogP contribution in [0, 0.1) is 0 Å². The maximum absolute atomic E-state index is 5.58. The van der Waals surface area contributed by atoms with Gasteiger partial charge in [-0.05, 0) is 30.2 Å². The summed E-state index contributed by atoms with van der Waals surface area (Å²) in [4.78, 5) is 0. The lowest BCUT2D eigenvalue weighted by Gasteiger charge is -2.20. The molecule has 1 aliphatic rings. The minimum Gasteiger partial charge on any atom is -0.493 e. The van der Waals surface area contributed by atoms with E-state index in [-0.39, 0.29) is 0 Å². The maximum atomic E-state index is 5.58. The molecule has 3 heteroatoms. The van der Waals surface area contributed by atoms with Crippen molar-refractivity contribution in [2.45, 2.75) is 44.9 Å². The lowest BCUT2D eigenvalue weighted by atomic mass is 10.0. The van der Waals surface area contributed by atoms with Crippen molar-refractivity contribution in [3.8, 4) is 5.75 Å². The third kappa shape index (κ3) is 3.90. The van der Waals surface area contributed by atoms with Crippen molar-refractivity contribution in [3.05, 3.63) is 29.3 Å². The zero-order valence-corrected chi connectivity index (χ0v) is 13.1. The van der Waals surface area contributed by atoms with E-state index in [0.717, 1.165) is 36.3 Å². The SMILES string of the molecule is CCNC(CSC(C)CC)c1ccc2c(c1)CCO2. The van der Waals surface area contributed by atoms with E-state index < -0.39 is 0 Å². The summed E-state index contributed by atoms with van der Waals surface area (Å²) in [7, 11) is 0. The quantitative estimate of drug-likeness (QED) is 0.820. The maximum Gasteiger partial charge on any atom is 0.122 e. The van der Waals surface area contributed by atoms with Crippen LogP contribution in [0.1, 0.15) is 44.4 Å². The molecule has 1 aliphatic heterocycles. The second-order valence-corrected chi connectivity index (χ2v) is 6.60. The fourth-order valence-corrected chi connectivity index (χ4v) is 3.39. The zero-order valence-electron chi connectivity index (χ0n) is 12.2. The summed E-state index contributed by atoms with van der Waals surface area (Å²) in [5.74, 6) is 2.22. The van der Waals surface area contributed by atoms with Gasteiger partial charge >= 0.3 is 0 Å². The first-order valence-electron chi connectivity index (χ1n) is 7.35. The Morgan fingerprint density at radius 1 is 1.37 bits per heavy atom. The van der Waals surface area contributed by atoms with Crippen LogP contribution in [0.15, 0.2) is 18.2 Å². The molecule has 0 radical (unpaired) electrons. The van der Waals surface area contributed by atoms with Crippen molar-refractivity contribution in [2.75, 3.05) is 18.9 Å². The summed E-state index contributed by atoms with van der Waals surface area (Å²) in [6.45, 7) is 8.60. The van der Waals surface area contributed by atoms with Crippen LogP contribution in [-0.4, -0.2) is 24.2 Å². The third-order valence-corrected chi connectivity index (χ3v) is 5.12. The van der Waals surface area contributed by atoms with Gasteiger partial charge in [-0.1, -0.05) is 32.9 Å². The molecular weight excluding hydrogens is 254 g/mol. The summed E-state index contributed by atoms with van der Waals surface area (Å²) in [6, 6.07) is 7.13. The highest BCUT2D eigenvalue weighted by Crippen LogP contribution is 2.30. The average molecular weight is 279 g/mol. The van der Waals surface area contributed by atoms with Gasteiger partial charge in [0.2, 0.25) is 0 Å². The number of hydrogen-bond donors (Lipinski definition) is 1. The van der Waals surface area contributed by atoms with Gasteiger partial charge in [0.25, 0.3) is 0 Å². The highest BCUT2D eigenvalue weighted by atomic mass is 32.2. The lowest BCUT2D eigenvalue weighted by Crippen LogP contribution is -2.23. The molecule has 0 amide bonds. The van der Waals surface area contributed by atoms with E-state index in [1.165, 1.54) is 17.5 Å². The van der Waals surface area contributed by atoms with Gasteiger partial charge in [0, 0.05) is 23.5 Å². The van der Waals surface area contributed by atoms with Gasteiger partial charge in [0.1, 0.15) is 5.75 Å². The molecule has 0 aliphatic carbocycles. The lowest BCUT2D eigenvalue weighted by molar-refractivity contribution is 0.357. The van der Waals surface area contributed by atoms with Crippen molar-refractivity contribution < 1.29 is 4.74 Å². The Bertz CT molecular complexity index is 408. The van der Waals surface area contributed by atoms with Crippen LogP contribution in [0.4, 0.5) is 0 Å². The molecule has 2 rings (SSSR count). The molecule has 0 saturated heterocycles. The zero-order chi connectivity index (χ0) is 13.7. The molecule has 0 saturated carbocycles. The predicted molar refractivity (Wildman–Crippen MR) is 84.3 cm³/mol. The Balaban J connectivity index is 2.05. The summed E-state index contributed by atoms with van der Waals surface area (Å²) < 4.78 is 5.58. The largest absolute Gasteiger partial charge is 0.493 e. The van der Waals surface area contributed by atoms with E-state index in [9.17, 15) is 0 Å². The van der Waals surface area contributed by atoms with Gasteiger partial charge in [-0.15, -0.1) is 0 Å². The molecule has 106 valence electrons. The minimum atomic E-state index is 0.454. The van der Waals surface area contributed by atoms with E-state index in [2.05, 4.69) is 56.0 Å². The van der Waals surface area contributed by atoms with Crippen LogP contribution in [0.5, 0.6) is 5.75 Å². The van der Waals surface area contributed by atoms with E-state index >= 15 is 0 Å². The van der Waals surface area contributed by atoms with Crippen molar-refractivity contribution in [2.24, 2.45) is 0 Å². The molecule has 1 heterocycles. The average Bonchev–Trinajstić information content (AvgIpc) is 2.90. The summed E-state index contributed by atoms with van der Waals surface area (Å²) in [5.41, 5.74) is 2.77. The van der Waals surface area contributed by atoms with Gasteiger partial charge in [-0.25, -0.2) is 0 Å². The predicted octanol–water partition coefficient (Wildman–Crippen LogP) is 3.80. The number of rotatable bonds is 7. The molecule has 0 fully saturated rings. The first-order chi connectivity index (χ1) is 9.24. The van der Waals surface area contributed by atoms with Crippen LogP contribution in [0.3, 0.4) is 0 Å². The molecule has 19 heavy (non-hydrogen) atoms. The Labute approximate surface area is 121 Å². The van der Waals surface area contributed by atoms with Crippen LogP contribution < -0.4 is 10.1 Å². The number of nitrogens with one attached hydrogen (secondary N) is 1. The second kappa shape index (κ2) is 7.20. The van der Waals surface area contributed by atoms with Crippen molar-refractivity contribution in [1.29, 1.82) is 0 Å². The Hall–Kier alpha value is -0.670. The molecule has 2 nitrogen and oxygen atoms in total. The Morgan fingerprint density at radius 3 is 2.95 bits per heavy atom. The molecule has 1 aromatic carbocycles. The highest BCUT2D eigenvalue weighted by Gasteiger charge is 2.17. The number of benzene rings is 1. The van der Waals surface area contributed by atoms with Gasteiger partial charge in [0.05, 0.1) is 6.61 Å². The first kappa shape index (κ1) is 14.7. The summed E-state index contributed by atoms with van der Waals surface area (Å²) in [5, 5.41) is 4.34. The third-order valence-electron chi connectivity index (χ3n) is 3.69. The number of hydrogen-bond acceptors (Lipinski definition) is 3. The highest BCUT2D eigenvalue weighted by molar-refractivity contribution is 7.99. The fraction of sp³-hybridized carbons (Fsp3) is 0.625. The second-order valence-electron chi connectivity index (χ2n) is 5.13. The van der Waals surface area contributed by atoms with E-state index in [4.69, 9.17) is 4.74 Å². The fourth-order valence-electron chi connectivity index (χ4n) is 2.32. The topological polar surface area (TPSA) is 21.3 Å². The van der Waals surface area contributed by atoms with Gasteiger partial charge < -0.3 is 10.1 Å². The van der Waals surface area contributed by atoms with Gasteiger partial charge in [-0.2, -0.15) is 11.8 Å². The van der Waals surface area contributed by atoms with Crippen molar-refractivity contribution in [3.63, 3.8) is 0 Å². The molecule has 1 aromatic rings. The summed E-state index contributed by atoms with van der Waals surface area (Å²) in [6.07, 6.45) is 2.29. The molecule has 2 unspecified atom stereocenters. The molecular formula is C16H25NOS. The van der Waals surface area contributed by atoms with Gasteiger partial charge in [-0.3, -0.25) is 0 Å². The number of fused-ring (bicyclic) bond motifs is 1. The standard InChI is InChI=1S/C16H25NOS/c1-4-12(3)19-11-15(17-5-2)13-6-7-16-14(10-13)8-9-18-16/h6-7,10,12,15,17H,4-5,8-9,11H2,1-3H3. The van der Waals surface area contributed by atoms with Gasteiger partial charge in [0.15, 0.2) is 0 Å². The molecule has 2 atom stereocenters. The molecule has 0 bridgehead atoms. The van der Waals surface area contributed by atoms with E-state index in [1.54, 1.807) is 0 Å². The van der Waals surface area contributed by atoms with Crippen LogP contribution in [-0.2, 0) is 6.42 Å². The summed E-state index contributed by atoms with van der Waals surface area (Å²) >= 11 is 2.06. The Kier molecular flexibility index (Phi) is 5.59. The van der Waals surface area contributed by atoms with Crippen LogP contribution in [0.2, 0.25) is 0 Å². The molecule has 0 spiro atoms.